The summed E-state index contributed by atoms with van der Waals surface area (Å²) in [6.07, 6.45) is -2.07. The Bertz CT molecular complexity index is 1340. The molecule has 0 saturated heterocycles. The number of imidazole rings is 1. The van der Waals surface area contributed by atoms with Crippen LogP contribution in [0.25, 0.3) is 0 Å². The first kappa shape index (κ1) is 22.8. The Morgan fingerprint density at radius 1 is 1.12 bits per heavy atom. The molecule has 0 saturated carbocycles. The van der Waals surface area contributed by atoms with E-state index in [1.165, 1.54) is 11.1 Å². The molecule has 4 rings (SSSR count). The highest BCUT2D eigenvalue weighted by atomic mass is 32.2. The van der Waals surface area contributed by atoms with E-state index in [9.17, 15) is 30.8 Å². The van der Waals surface area contributed by atoms with Crippen LogP contribution in [0.15, 0.2) is 47.8 Å². The summed E-state index contributed by atoms with van der Waals surface area (Å²) in [5.41, 5.74) is 1.16. The Kier molecular flexibility index (Phi) is 5.64. The third kappa shape index (κ3) is 4.85. The number of nitrogens with one attached hydrogen (secondary N) is 2. The molecule has 2 heterocycles. The van der Waals surface area contributed by atoms with E-state index in [0.29, 0.717) is 24.7 Å². The van der Waals surface area contributed by atoms with Crippen LogP contribution in [0, 0.1) is 5.82 Å². The number of fused-ring (bicyclic) bond motifs is 1. The number of hydrogen-bond acceptors (Lipinski definition) is 5. The largest absolute Gasteiger partial charge is 0.419 e. The number of aromatic amines is 1. The van der Waals surface area contributed by atoms with Gasteiger partial charge in [0.1, 0.15) is 11.5 Å². The quantitative estimate of drug-likeness (QED) is 0.550. The molecule has 0 aliphatic carbocycles. The van der Waals surface area contributed by atoms with Crippen molar-refractivity contribution in [2.45, 2.75) is 24.3 Å². The van der Waals surface area contributed by atoms with Crippen LogP contribution in [0.5, 0.6) is 0 Å². The lowest BCUT2D eigenvalue weighted by Crippen LogP contribution is -2.36. The van der Waals surface area contributed by atoms with Gasteiger partial charge >= 0.3 is 6.18 Å². The van der Waals surface area contributed by atoms with Crippen molar-refractivity contribution >= 4 is 27.1 Å². The summed E-state index contributed by atoms with van der Waals surface area (Å²) in [4.78, 5) is 20.6. The molecule has 33 heavy (non-hydrogen) atoms. The summed E-state index contributed by atoms with van der Waals surface area (Å²) in [5, 5.41) is 2.58. The lowest BCUT2D eigenvalue weighted by Gasteiger charge is -2.29. The summed E-state index contributed by atoms with van der Waals surface area (Å²) in [5.74, 6) is -1.79. The van der Waals surface area contributed by atoms with Crippen LogP contribution in [-0.4, -0.2) is 42.0 Å². The average molecular weight is 482 g/mol. The van der Waals surface area contributed by atoms with Crippen molar-refractivity contribution in [2.75, 3.05) is 18.1 Å². The van der Waals surface area contributed by atoms with Crippen LogP contribution >= 0.6 is 0 Å². The second-order valence-electron chi connectivity index (χ2n) is 7.65. The number of sulfone groups is 1. The molecule has 1 amide bonds. The second-order valence-corrected chi connectivity index (χ2v) is 9.58. The number of carbonyl (C=O) groups excluding carboxylic acids is 1. The first-order valence-electron chi connectivity index (χ1n) is 9.72. The van der Waals surface area contributed by atoms with Crippen LogP contribution in [0.4, 0.5) is 28.9 Å². The van der Waals surface area contributed by atoms with Gasteiger partial charge in [-0.15, -0.1) is 0 Å². The topological polar surface area (TPSA) is 95.2 Å². The fourth-order valence-electron chi connectivity index (χ4n) is 3.57. The number of benzene rings is 2. The van der Waals surface area contributed by atoms with E-state index < -0.39 is 33.3 Å². The van der Waals surface area contributed by atoms with Crippen molar-refractivity contribution in [3.8, 4) is 0 Å². The number of nitrogens with zero attached hydrogens (tertiary/aromatic N) is 2. The maximum absolute atomic E-state index is 13.8. The summed E-state index contributed by atoms with van der Waals surface area (Å²) >= 11 is 0. The molecule has 1 aliphatic heterocycles. The highest BCUT2D eigenvalue weighted by molar-refractivity contribution is 7.90. The normalized spacial score (nSPS) is 14.2. The molecular formula is C21H18F4N4O3S. The number of carbonyl (C=O) groups is 1. The van der Waals surface area contributed by atoms with Gasteiger partial charge in [-0.2, -0.15) is 13.2 Å². The van der Waals surface area contributed by atoms with E-state index in [-0.39, 0.29) is 23.1 Å². The number of aromatic nitrogens is 2. The standard InChI is InChI=1S/C21H18F4N4O3S/c1-33(31,32)20-26-10-18(28-20)19(30)29-7-6-12-2-3-14(8-13(12)11-29)27-15-4-5-16(17(22)9-15)21(23,24)25/h2-5,8-10,27H,6-7,11H2,1H3,(H,26,28). The molecule has 0 bridgehead atoms. The Morgan fingerprint density at radius 3 is 2.45 bits per heavy atom. The predicted octanol–water partition coefficient (Wildman–Crippen LogP) is 3.91. The Hall–Kier alpha value is -3.41. The number of anilines is 2. The molecular weight excluding hydrogens is 464 g/mol. The van der Waals surface area contributed by atoms with Gasteiger partial charge in [0.15, 0.2) is 0 Å². The van der Waals surface area contributed by atoms with Gasteiger partial charge in [-0.3, -0.25) is 4.79 Å². The van der Waals surface area contributed by atoms with Crippen molar-refractivity contribution in [1.82, 2.24) is 14.9 Å². The minimum absolute atomic E-state index is 0.0494. The van der Waals surface area contributed by atoms with Crippen LogP contribution < -0.4 is 5.32 Å². The molecule has 0 fully saturated rings. The Balaban J connectivity index is 1.51. The minimum Gasteiger partial charge on any atom is -0.355 e. The van der Waals surface area contributed by atoms with E-state index in [2.05, 4.69) is 15.3 Å². The summed E-state index contributed by atoms with van der Waals surface area (Å²) < 4.78 is 75.3. The fraction of sp³-hybridized carbons (Fsp3) is 0.238. The zero-order valence-corrected chi connectivity index (χ0v) is 18.0. The second kappa shape index (κ2) is 8.18. The minimum atomic E-state index is -4.78. The van der Waals surface area contributed by atoms with Gasteiger partial charge in [0, 0.05) is 30.7 Å². The monoisotopic (exact) mass is 482 g/mol. The van der Waals surface area contributed by atoms with Gasteiger partial charge < -0.3 is 15.2 Å². The zero-order chi connectivity index (χ0) is 24.0. The third-order valence-electron chi connectivity index (χ3n) is 5.20. The van der Waals surface area contributed by atoms with Crippen molar-refractivity contribution in [3.05, 3.63) is 70.8 Å². The molecule has 7 nitrogen and oxygen atoms in total. The van der Waals surface area contributed by atoms with Crippen LogP contribution in [0.1, 0.15) is 27.2 Å². The molecule has 1 aliphatic rings. The van der Waals surface area contributed by atoms with Crippen LogP contribution in [-0.2, 0) is 29.0 Å². The molecule has 0 unspecified atom stereocenters. The number of halogens is 4. The first-order chi connectivity index (χ1) is 15.4. The Labute approximate surface area is 186 Å². The van der Waals surface area contributed by atoms with Gasteiger partial charge in [0.2, 0.25) is 15.0 Å². The van der Waals surface area contributed by atoms with Crippen LogP contribution in [0.3, 0.4) is 0 Å². The SMILES string of the molecule is CS(=O)(=O)c1ncc(C(=O)N2CCc3ccc(Nc4ccc(C(F)(F)F)c(F)c4)cc3C2)[nH]1. The van der Waals surface area contributed by atoms with Crippen LogP contribution in [0.2, 0.25) is 0 Å². The highest BCUT2D eigenvalue weighted by Gasteiger charge is 2.34. The molecule has 3 aromatic rings. The summed E-state index contributed by atoms with van der Waals surface area (Å²) in [7, 11) is -3.58. The molecule has 0 radical (unpaired) electrons. The third-order valence-corrected chi connectivity index (χ3v) is 6.11. The van der Waals surface area contributed by atoms with Gasteiger partial charge in [-0.25, -0.2) is 17.8 Å². The molecule has 2 aromatic carbocycles. The molecule has 0 spiro atoms. The number of hydrogen-bond donors (Lipinski definition) is 2. The van der Waals surface area contributed by atoms with Gasteiger partial charge in [-0.05, 0) is 47.9 Å². The lowest BCUT2D eigenvalue weighted by atomic mass is 9.98. The van der Waals surface area contributed by atoms with E-state index >= 15 is 0 Å². The molecule has 2 N–H and O–H groups in total. The first-order valence-corrected chi connectivity index (χ1v) is 11.6. The van der Waals surface area contributed by atoms with Gasteiger partial charge in [0.05, 0.1) is 11.8 Å². The number of rotatable bonds is 4. The molecule has 1 aromatic heterocycles. The van der Waals surface area contributed by atoms with Gasteiger partial charge in [-0.1, -0.05) is 6.07 Å². The summed E-state index contributed by atoms with van der Waals surface area (Å²) in [6.45, 7) is 0.647. The van der Waals surface area contributed by atoms with Crippen molar-refractivity contribution in [2.24, 2.45) is 0 Å². The number of alkyl halides is 3. The molecule has 174 valence electrons. The van der Waals surface area contributed by atoms with Crippen molar-refractivity contribution in [3.63, 3.8) is 0 Å². The van der Waals surface area contributed by atoms with E-state index in [0.717, 1.165) is 29.5 Å². The van der Waals surface area contributed by atoms with Crippen molar-refractivity contribution in [1.29, 1.82) is 0 Å². The van der Waals surface area contributed by atoms with Gasteiger partial charge in [0.25, 0.3) is 5.91 Å². The van der Waals surface area contributed by atoms with E-state index in [1.54, 1.807) is 12.1 Å². The van der Waals surface area contributed by atoms with E-state index in [1.807, 2.05) is 6.07 Å². The highest BCUT2D eigenvalue weighted by Crippen LogP contribution is 2.33. The molecule has 0 atom stereocenters. The smallest absolute Gasteiger partial charge is 0.355 e. The fourth-order valence-corrected chi connectivity index (χ4v) is 4.11. The Morgan fingerprint density at radius 2 is 1.82 bits per heavy atom. The van der Waals surface area contributed by atoms with Crippen molar-refractivity contribution < 1.29 is 30.8 Å². The average Bonchev–Trinajstić information content (AvgIpc) is 3.22. The lowest BCUT2D eigenvalue weighted by molar-refractivity contribution is -0.139. The zero-order valence-electron chi connectivity index (χ0n) is 17.2. The molecule has 12 heteroatoms. The number of H-pyrrole nitrogens is 1. The maximum atomic E-state index is 13.8. The van der Waals surface area contributed by atoms with E-state index in [4.69, 9.17) is 0 Å². The number of amides is 1. The predicted molar refractivity (Wildman–Crippen MR) is 111 cm³/mol. The maximum Gasteiger partial charge on any atom is 0.419 e. The summed E-state index contributed by atoms with van der Waals surface area (Å²) in [6, 6.07) is 7.87.